The lowest BCUT2D eigenvalue weighted by Gasteiger charge is -2.51. The monoisotopic (exact) mass is 505 g/mol. The quantitative estimate of drug-likeness (QED) is 0.111. The van der Waals surface area contributed by atoms with Crippen molar-refractivity contribution < 1.29 is 29.3 Å². The SMILES string of the molecule is CCCCCCC(C)(C)c1cc(OC(=O)CCCO[N+](=O)[O-])c2c(c1)OC(C)C1(CO)CCCCC21. The Balaban J connectivity index is 1.94. The maximum absolute atomic E-state index is 12.8. The van der Waals surface area contributed by atoms with Crippen molar-refractivity contribution in [3.05, 3.63) is 33.4 Å². The van der Waals surface area contributed by atoms with Gasteiger partial charge in [-0.05, 0) is 55.7 Å². The highest BCUT2D eigenvalue weighted by Gasteiger charge is 2.51. The van der Waals surface area contributed by atoms with Gasteiger partial charge in [0.15, 0.2) is 0 Å². The van der Waals surface area contributed by atoms with Crippen molar-refractivity contribution in [3.63, 3.8) is 0 Å². The molecule has 1 aliphatic heterocycles. The Hall–Kier alpha value is -2.35. The third-order valence-corrected chi connectivity index (χ3v) is 8.32. The molecule has 1 N–H and O–H groups in total. The first-order valence-electron chi connectivity index (χ1n) is 13.6. The Bertz CT molecular complexity index is 915. The highest BCUT2D eigenvalue weighted by atomic mass is 16.9. The number of esters is 1. The van der Waals surface area contributed by atoms with Crippen molar-refractivity contribution in [3.8, 4) is 11.5 Å². The molecule has 2 aliphatic rings. The Labute approximate surface area is 214 Å². The largest absolute Gasteiger partial charge is 0.490 e. The van der Waals surface area contributed by atoms with Crippen LogP contribution in [-0.4, -0.2) is 35.5 Å². The second-order valence-electron chi connectivity index (χ2n) is 11.2. The Kier molecular flexibility index (Phi) is 9.61. The normalized spacial score (nSPS) is 23.2. The van der Waals surface area contributed by atoms with Crippen LogP contribution in [0.15, 0.2) is 12.1 Å². The molecule has 8 heteroatoms. The molecule has 3 rings (SSSR count). The molecule has 8 nitrogen and oxygen atoms in total. The van der Waals surface area contributed by atoms with Gasteiger partial charge < -0.3 is 19.4 Å². The molecule has 0 aromatic heterocycles. The van der Waals surface area contributed by atoms with E-state index in [0.29, 0.717) is 5.75 Å². The van der Waals surface area contributed by atoms with Crippen LogP contribution in [0.3, 0.4) is 0 Å². The summed E-state index contributed by atoms with van der Waals surface area (Å²) in [6.45, 7) is 8.55. The third-order valence-electron chi connectivity index (χ3n) is 8.32. The van der Waals surface area contributed by atoms with Crippen LogP contribution >= 0.6 is 0 Å². The molecular formula is C28H43NO7. The van der Waals surface area contributed by atoms with E-state index in [9.17, 15) is 20.0 Å². The lowest BCUT2D eigenvalue weighted by atomic mass is 9.60. The minimum Gasteiger partial charge on any atom is -0.490 e. The molecule has 1 aromatic rings. The zero-order chi connectivity index (χ0) is 26.3. The van der Waals surface area contributed by atoms with Gasteiger partial charge in [-0.3, -0.25) is 4.79 Å². The number of unbranched alkanes of at least 4 members (excludes halogenated alkanes) is 3. The van der Waals surface area contributed by atoms with Gasteiger partial charge in [0, 0.05) is 23.3 Å². The number of benzene rings is 1. The summed E-state index contributed by atoms with van der Waals surface area (Å²) in [5.41, 5.74) is 1.41. The van der Waals surface area contributed by atoms with E-state index in [4.69, 9.17) is 9.47 Å². The minimum atomic E-state index is -0.857. The number of aliphatic hydroxyl groups excluding tert-OH is 1. The highest BCUT2D eigenvalue weighted by molar-refractivity contribution is 5.73. The van der Waals surface area contributed by atoms with Crippen molar-refractivity contribution in [2.24, 2.45) is 5.41 Å². The van der Waals surface area contributed by atoms with Gasteiger partial charge in [-0.1, -0.05) is 59.3 Å². The fourth-order valence-electron chi connectivity index (χ4n) is 5.99. The predicted molar refractivity (Wildman–Crippen MR) is 137 cm³/mol. The first-order chi connectivity index (χ1) is 17.1. The number of hydrogen-bond donors (Lipinski definition) is 1. The second-order valence-corrected chi connectivity index (χ2v) is 11.2. The van der Waals surface area contributed by atoms with E-state index in [0.717, 1.165) is 55.4 Å². The maximum atomic E-state index is 12.8. The summed E-state index contributed by atoms with van der Waals surface area (Å²) in [5, 5.41) is 20.0. The van der Waals surface area contributed by atoms with Crippen molar-refractivity contribution in [1.29, 1.82) is 0 Å². The lowest BCUT2D eigenvalue weighted by Crippen LogP contribution is -2.50. The molecule has 1 heterocycles. The van der Waals surface area contributed by atoms with Crippen LogP contribution in [0.4, 0.5) is 0 Å². The smallest absolute Gasteiger partial charge is 0.311 e. The number of ether oxygens (including phenoxy) is 2. The van der Waals surface area contributed by atoms with Gasteiger partial charge in [-0.25, -0.2) is 0 Å². The molecular weight excluding hydrogens is 462 g/mol. The predicted octanol–water partition coefficient (Wildman–Crippen LogP) is 6.25. The van der Waals surface area contributed by atoms with E-state index in [2.05, 4.69) is 31.7 Å². The molecule has 1 aliphatic carbocycles. The number of hydrogen-bond acceptors (Lipinski definition) is 7. The summed E-state index contributed by atoms with van der Waals surface area (Å²) in [6.07, 6.45) is 9.65. The van der Waals surface area contributed by atoms with Crippen LogP contribution in [0.25, 0.3) is 0 Å². The highest BCUT2D eigenvalue weighted by Crippen LogP contribution is 2.58. The topological polar surface area (TPSA) is 108 Å². The maximum Gasteiger partial charge on any atom is 0.311 e. The van der Waals surface area contributed by atoms with Crippen molar-refractivity contribution in [2.45, 2.75) is 116 Å². The number of fused-ring (bicyclic) bond motifs is 3. The van der Waals surface area contributed by atoms with Gasteiger partial charge in [-0.2, -0.15) is 0 Å². The molecule has 0 amide bonds. The number of rotatable bonds is 13. The molecule has 36 heavy (non-hydrogen) atoms. The average molecular weight is 506 g/mol. The Morgan fingerprint density at radius 2 is 2.03 bits per heavy atom. The molecule has 1 saturated carbocycles. The Morgan fingerprint density at radius 1 is 1.25 bits per heavy atom. The minimum absolute atomic E-state index is 0.0142. The summed E-state index contributed by atoms with van der Waals surface area (Å²) in [6, 6.07) is 4.10. The summed E-state index contributed by atoms with van der Waals surface area (Å²) >= 11 is 0. The summed E-state index contributed by atoms with van der Waals surface area (Å²) < 4.78 is 12.4. The van der Waals surface area contributed by atoms with Gasteiger partial charge in [0.1, 0.15) is 17.6 Å². The summed E-state index contributed by atoms with van der Waals surface area (Å²) in [5.74, 6) is 0.835. The first-order valence-corrected chi connectivity index (χ1v) is 13.6. The fraction of sp³-hybridized carbons (Fsp3) is 0.750. The van der Waals surface area contributed by atoms with Crippen LogP contribution in [-0.2, 0) is 15.0 Å². The van der Waals surface area contributed by atoms with Gasteiger partial charge in [0.25, 0.3) is 5.09 Å². The third kappa shape index (κ3) is 6.31. The van der Waals surface area contributed by atoms with E-state index in [1.807, 2.05) is 13.0 Å². The van der Waals surface area contributed by atoms with E-state index >= 15 is 0 Å². The van der Waals surface area contributed by atoms with E-state index in [-0.39, 0.29) is 43.5 Å². The number of nitrogens with zero attached hydrogens (tertiary/aromatic N) is 1. The molecule has 1 fully saturated rings. The zero-order valence-electron chi connectivity index (χ0n) is 22.3. The molecule has 0 radical (unpaired) electrons. The molecule has 0 spiro atoms. The van der Waals surface area contributed by atoms with Gasteiger partial charge >= 0.3 is 5.97 Å². The molecule has 202 valence electrons. The van der Waals surface area contributed by atoms with Gasteiger partial charge in [0.2, 0.25) is 0 Å². The fourth-order valence-corrected chi connectivity index (χ4v) is 5.99. The van der Waals surface area contributed by atoms with Crippen LogP contribution in [0.2, 0.25) is 0 Å². The number of carbonyl (C=O) groups excluding carboxylic acids is 1. The molecule has 0 bridgehead atoms. The molecule has 0 saturated heterocycles. The van der Waals surface area contributed by atoms with Crippen LogP contribution in [0.1, 0.15) is 115 Å². The summed E-state index contributed by atoms with van der Waals surface area (Å²) in [7, 11) is 0. The van der Waals surface area contributed by atoms with E-state index in [1.165, 1.54) is 19.3 Å². The van der Waals surface area contributed by atoms with Crippen LogP contribution < -0.4 is 9.47 Å². The number of carbonyl (C=O) groups is 1. The Morgan fingerprint density at radius 3 is 2.72 bits per heavy atom. The zero-order valence-corrected chi connectivity index (χ0v) is 22.3. The van der Waals surface area contributed by atoms with Gasteiger partial charge in [0.05, 0.1) is 13.2 Å². The van der Waals surface area contributed by atoms with Crippen molar-refractivity contribution >= 4 is 5.97 Å². The average Bonchev–Trinajstić information content (AvgIpc) is 2.84. The van der Waals surface area contributed by atoms with Crippen molar-refractivity contribution in [1.82, 2.24) is 0 Å². The molecule has 1 aromatic carbocycles. The summed E-state index contributed by atoms with van der Waals surface area (Å²) in [4.78, 5) is 27.5. The number of aliphatic hydroxyl groups is 1. The second kappa shape index (κ2) is 12.3. The van der Waals surface area contributed by atoms with Gasteiger partial charge in [-0.15, -0.1) is 10.1 Å². The lowest BCUT2D eigenvalue weighted by molar-refractivity contribution is -0.757. The standard InChI is InChI=1S/C28H43NO7/c1-5-6-7-9-14-27(3,4)21-17-23-26(22-12-8-10-15-28(22,19-30)20(2)35-23)24(18-21)36-25(31)13-11-16-34-29(32)33/h17-18,20,22,30H,5-16,19H2,1-4H3. The van der Waals surface area contributed by atoms with Crippen molar-refractivity contribution in [2.75, 3.05) is 13.2 Å². The first kappa shape index (κ1) is 28.2. The molecule has 3 unspecified atom stereocenters. The van der Waals surface area contributed by atoms with E-state index in [1.54, 1.807) is 0 Å². The van der Waals surface area contributed by atoms with Crippen LogP contribution in [0.5, 0.6) is 11.5 Å². The van der Waals surface area contributed by atoms with E-state index < -0.39 is 16.5 Å². The van der Waals surface area contributed by atoms with Crippen LogP contribution in [0, 0.1) is 15.5 Å². The molecule has 3 atom stereocenters.